The lowest BCUT2D eigenvalue weighted by atomic mass is 10.3. The molecule has 1 atom stereocenters. The predicted octanol–water partition coefficient (Wildman–Crippen LogP) is 0.777. The molecule has 1 unspecified atom stereocenters. The molecule has 0 spiro atoms. The molecule has 0 saturated heterocycles. The number of hydrogen-bond acceptors (Lipinski definition) is 1. The molecule has 0 aliphatic carbocycles. The smallest absolute Gasteiger partial charge is 0.0509 e. The lowest BCUT2D eigenvalue weighted by Gasteiger charge is -1.90. The molecule has 0 radical (unpaired) electrons. The summed E-state index contributed by atoms with van der Waals surface area (Å²) in [5, 5.41) is 8.48. The molecule has 0 heterocycles. The van der Waals surface area contributed by atoms with Crippen LogP contribution in [0.1, 0.15) is 23.0 Å². The third-order valence-electron chi connectivity index (χ3n) is 0.341. The summed E-state index contributed by atoms with van der Waals surface area (Å²) >= 11 is 0. The van der Waals surface area contributed by atoms with Crippen molar-refractivity contribution < 1.29 is 7.85 Å². The highest BCUT2D eigenvalue weighted by molar-refractivity contribution is 4.34. The minimum atomic E-state index is -0.875. The van der Waals surface area contributed by atoms with E-state index in [1.807, 2.05) is 0 Å². The second-order valence-electron chi connectivity index (χ2n) is 1.08. The Morgan fingerprint density at radius 3 is 2.80 bits per heavy atom. The first-order valence-electron chi connectivity index (χ1n) is 2.81. The summed E-state index contributed by atoms with van der Waals surface area (Å²) in [6.45, 7) is 0.704. The molecule has 1 heteroatoms. The van der Waals surface area contributed by atoms with Gasteiger partial charge in [-0.05, 0) is 13.3 Å². The number of hydrogen-bond donors (Lipinski definition) is 1. The molecule has 0 bridgehead atoms. The fraction of sp³-hybridized carbons (Fsp3) is 1.00. The standard InChI is InChI=1S/C4H10O/c1-3-4(2)5/h4-5H,3H2,1-2H3/i1D2. The van der Waals surface area contributed by atoms with E-state index >= 15 is 0 Å². The Morgan fingerprint density at radius 1 is 2.20 bits per heavy atom. The Bertz CT molecular complexity index is 39.0. The molecule has 0 fully saturated rings. The summed E-state index contributed by atoms with van der Waals surface area (Å²) in [4.78, 5) is 0. The SMILES string of the molecule is [2H]C([2H])CC(C)O. The number of rotatable bonds is 1. The highest BCUT2D eigenvalue weighted by Crippen LogP contribution is 1.81. The van der Waals surface area contributed by atoms with Crippen LogP contribution in [0.25, 0.3) is 0 Å². The van der Waals surface area contributed by atoms with Crippen LogP contribution in [0.2, 0.25) is 0 Å². The molecule has 0 aromatic heterocycles. The molecule has 0 aliphatic rings. The second-order valence-corrected chi connectivity index (χ2v) is 1.08. The van der Waals surface area contributed by atoms with Crippen LogP contribution in [-0.2, 0) is 0 Å². The molecule has 0 aliphatic heterocycles. The van der Waals surface area contributed by atoms with Crippen LogP contribution in [-0.4, -0.2) is 11.2 Å². The second kappa shape index (κ2) is 2.21. The Balaban J connectivity index is 2.95. The minimum absolute atomic E-state index is 0.250. The van der Waals surface area contributed by atoms with Gasteiger partial charge in [-0.25, -0.2) is 0 Å². The van der Waals surface area contributed by atoms with Gasteiger partial charge in [0.15, 0.2) is 0 Å². The Hall–Kier alpha value is -0.0400. The van der Waals surface area contributed by atoms with Crippen molar-refractivity contribution in [3.8, 4) is 0 Å². The van der Waals surface area contributed by atoms with Crippen molar-refractivity contribution in [1.82, 2.24) is 0 Å². The van der Waals surface area contributed by atoms with E-state index in [0.29, 0.717) is 0 Å². The van der Waals surface area contributed by atoms with Crippen molar-refractivity contribution in [3.63, 3.8) is 0 Å². The summed E-state index contributed by atoms with van der Waals surface area (Å²) in [5.41, 5.74) is 0. The third kappa shape index (κ3) is 3.96. The first-order valence-corrected chi connectivity index (χ1v) is 1.65. The first kappa shape index (κ1) is 2.19. The van der Waals surface area contributed by atoms with Crippen LogP contribution in [0.5, 0.6) is 0 Å². The summed E-state index contributed by atoms with van der Waals surface area (Å²) in [6, 6.07) is 0. The van der Waals surface area contributed by atoms with E-state index in [4.69, 9.17) is 7.85 Å². The largest absolute Gasteiger partial charge is 0.393 e. The van der Waals surface area contributed by atoms with Gasteiger partial charge in [0.2, 0.25) is 0 Å². The summed E-state index contributed by atoms with van der Waals surface area (Å²) in [6.07, 6.45) is -0.250. The van der Waals surface area contributed by atoms with Gasteiger partial charge < -0.3 is 5.11 Å². The highest BCUT2D eigenvalue weighted by atomic mass is 16.3. The molecule has 0 saturated carbocycles. The maximum Gasteiger partial charge on any atom is 0.0509 e. The number of aliphatic hydroxyl groups excluding tert-OH is 1. The Morgan fingerprint density at radius 2 is 2.80 bits per heavy atom. The molecule has 0 amide bonds. The van der Waals surface area contributed by atoms with Gasteiger partial charge in [-0.15, -0.1) is 0 Å². The zero-order valence-electron chi connectivity index (χ0n) is 5.31. The van der Waals surface area contributed by atoms with E-state index < -0.39 is 13.0 Å². The molecule has 5 heavy (non-hydrogen) atoms. The fourth-order valence-corrected chi connectivity index (χ4v) is 0. The topological polar surface area (TPSA) is 20.2 Å². The zero-order valence-corrected chi connectivity index (χ0v) is 3.31. The van der Waals surface area contributed by atoms with Crippen LogP contribution in [0, 0.1) is 0 Å². The zero-order chi connectivity index (χ0) is 5.86. The van der Waals surface area contributed by atoms with Gasteiger partial charge in [0, 0.05) is 2.74 Å². The molecule has 0 rings (SSSR count). The van der Waals surface area contributed by atoms with Gasteiger partial charge in [-0.2, -0.15) is 0 Å². The van der Waals surface area contributed by atoms with E-state index in [1.54, 1.807) is 6.92 Å². The average molecular weight is 76.1 g/mol. The van der Waals surface area contributed by atoms with Crippen molar-refractivity contribution >= 4 is 0 Å². The van der Waals surface area contributed by atoms with Crippen molar-refractivity contribution in [1.29, 1.82) is 0 Å². The van der Waals surface area contributed by atoms with Crippen molar-refractivity contribution in [3.05, 3.63) is 0 Å². The van der Waals surface area contributed by atoms with Crippen LogP contribution in [0.15, 0.2) is 0 Å². The van der Waals surface area contributed by atoms with Crippen LogP contribution < -0.4 is 0 Å². The van der Waals surface area contributed by atoms with E-state index in [1.165, 1.54) is 0 Å². The summed E-state index contributed by atoms with van der Waals surface area (Å²) in [5.74, 6) is 0. The minimum Gasteiger partial charge on any atom is -0.393 e. The monoisotopic (exact) mass is 76.1 g/mol. The molecule has 1 N–H and O–H groups in total. The summed E-state index contributed by atoms with van der Waals surface area (Å²) in [7, 11) is 0. The average Bonchev–Trinajstić information content (AvgIpc) is 1.27. The van der Waals surface area contributed by atoms with Gasteiger partial charge in [-0.1, -0.05) is 6.88 Å². The quantitative estimate of drug-likeness (QED) is 0.489. The van der Waals surface area contributed by atoms with Crippen LogP contribution >= 0.6 is 0 Å². The van der Waals surface area contributed by atoms with Gasteiger partial charge >= 0.3 is 0 Å². The van der Waals surface area contributed by atoms with E-state index in [-0.39, 0.29) is 6.42 Å². The molecule has 0 aromatic carbocycles. The lowest BCUT2D eigenvalue weighted by Crippen LogP contribution is -1.93. The van der Waals surface area contributed by atoms with E-state index in [9.17, 15) is 0 Å². The van der Waals surface area contributed by atoms with E-state index in [0.717, 1.165) is 0 Å². The van der Waals surface area contributed by atoms with Gasteiger partial charge in [-0.3, -0.25) is 0 Å². The Labute approximate surface area is 35.4 Å². The highest BCUT2D eigenvalue weighted by Gasteiger charge is 1.81. The predicted molar refractivity (Wildman–Crippen MR) is 22.0 cm³/mol. The number of aliphatic hydroxyl groups is 1. The Kier molecular flexibility index (Phi) is 0.969. The molecule has 1 nitrogen and oxygen atoms in total. The lowest BCUT2D eigenvalue weighted by molar-refractivity contribution is 0.191. The van der Waals surface area contributed by atoms with E-state index in [2.05, 4.69) is 0 Å². The van der Waals surface area contributed by atoms with Gasteiger partial charge in [0.05, 0.1) is 6.10 Å². The van der Waals surface area contributed by atoms with Crippen LogP contribution in [0.4, 0.5) is 0 Å². The maximum atomic E-state index is 8.48. The van der Waals surface area contributed by atoms with Gasteiger partial charge in [0.25, 0.3) is 0 Å². The van der Waals surface area contributed by atoms with Crippen molar-refractivity contribution in [2.75, 3.05) is 0 Å². The molecule has 32 valence electrons. The van der Waals surface area contributed by atoms with Crippen molar-refractivity contribution in [2.24, 2.45) is 0 Å². The third-order valence-corrected chi connectivity index (χ3v) is 0.341. The van der Waals surface area contributed by atoms with Crippen LogP contribution in [0.3, 0.4) is 0 Å². The molecule has 0 aromatic rings. The maximum absolute atomic E-state index is 8.48. The first-order chi connectivity index (χ1) is 3.13. The molecular formula is C4H10O. The normalized spacial score (nSPS) is 21.4. The van der Waals surface area contributed by atoms with Crippen molar-refractivity contribution in [2.45, 2.75) is 26.3 Å². The van der Waals surface area contributed by atoms with Gasteiger partial charge in [0.1, 0.15) is 0 Å². The fourth-order valence-electron chi connectivity index (χ4n) is 0. The summed E-state index contributed by atoms with van der Waals surface area (Å²) < 4.78 is 13.2. The molecular weight excluding hydrogens is 64.0 g/mol.